The second-order valence-corrected chi connectivity index (χ2v) is 6.62. The van der Waals surface area contributed by atoms with Gasteiger partial charge in [-0.25, -0.2) is 0 Å². The largest absolute Gasteiger partial charge is 0.493 e. The van der Waals surface area contributed by atoms with Crippen molar-refractivity contribution in [2.75, 3.05) is 26.8 Å². The van der Waals surface area contributed by atoms with Gasteiger partial charge in [0.05, 0.1) is 25.7 Å². The molecule has 0 radical (unpaired) electrons. The summed E-state index contributed by atoms with van der Waals surface area (Å²) < 4.78 is 10.3. The lowest BCUT2D eigenvalue weighted by atomic mass is 10.1. The Morgan fingerprint density at radius 2 is 2.11 bits per heavy atom. The fourth-order valence-corrected chi connectivity index (χ4v) is 3.06. The van der Waals surface area contributed by atoms with Crippen molar-refractivity contribution in [1.82, 2.24) is 15.5 Å². The molecule has 1 aromatic carbocycles. The number of amides is 2. The normalized spacial score (nSPS) is 16.1. The molecule has 0 saturated carbocycles. The van der Waals surface area contributed by atoms with E-state index in [1.54, 1.807) is 24.3 Å². The molecule has 1 aromatic rings. The number of piperazine rings is 1. The van der Waals surface area contributed by atoms with Crippen LogP contribution in [0, 0.1) is 0 Å². The second kappa shape index (κ2) is 10.6. The number of methoxy groups -OCH3 is 1. The molecular formula is C19H25N3O5S. The lowest BCUT2D eigenvalue weighted by molar-refractivity contribution is -0.144. The van der Waals surface area contributed by atoms with Crippen LogP contribution in [0.1, 0.15) is 36.5 Å². The number of carbonyl (C=O) groups is 3. The molecule has 2 amide bonds. The number of unbranched alkanes of at least 4 members (excludes halogenated alkanes) is 1. The van der Waals surface area contributed by atoms with Gasteiger partial charge in [-0.15, -0.1) is 0 Å². The smallest absolute Gasteiger partial charge is 0.308 e. The molecule has 152 valence electrons. The maximum atomic E-state index is 12.7. The van der Waals surface area contributed by atoms with E-state index in [0.29, 0.717) is 31.0 Å². The molecule has 0 bridgehead atoms. The minimum atomic E-state index is -0.829. The number of carbonyl (C=O) groups excluding carboxylic acids is 3. The fraction of sp³-hybridized carbons (Fsp3) is 0.474. The van der Waals surface area contributed by atoms with Gasteiger partial charge in [0.2, 0.25) is 5.91 Å². The number of thiocarbonyl (C=S) groups is 1. The van der Waals surface area contributed by atoms with E-state index in [4.69, 9.17) is 17.0 Å². The maximum absolute atomic E-state index is 12.7. The van der Waals surface area contributed by atoms with Crippen LogP contribution >= 0.6 is 12.2 Å². The van der Waals surface area contributed by atoms with Crippen LogP contribution in [0.5, 0.6) is 5.75 Å². The summed E-state index contributed by atoms with van der Waals surface area (Å²) in [4.78, 5) is 38.0. The predicted octanol–water partition coefficient (Wildman–Crippen LogP) is 1.24. The zero-order valence-electron chi connectivity index (χ0n) is 16.0. The highest BCUT2D eigenvalue weighted by molar-refractivity contribution is 7.80. The van der Waals surface area contributed by atoms with Crippen LogP contribution in [0.4, 0.5) is 0 Å². The van der Waals surface area contributed by atoms with Gasteiger partial charge < -0.3 is 19.7 Å². The van der Waals surface area contributed by atoms with E-state index in [2.05, 4.69) is 22.3 Å². The number of para-hydroxylation sites is 1. The number of benzene rings is 1. The summed E-state index contributed by atoms with van der Waals surface area (Å²) in [6, 6.07) is 6.07. The maximum Gasteiger partial charge on any atom is 0.308 e. The van der Waals surface area contributed by atoms with Crippen molar-refractivity contribution in [3.8, 4) is 5.75 Å². The first kappa shape index (κ1) is 21.6. The summed E-state index contributed by atoms with van der Waals surface area (Å²) >= 11 is 5.34. The van der Waals surface area contributed by atoms with Crippen LogP contribution in [-0.2, 0) is 14.3 Å². The number of ether oxygens (including phenoxy) is 2. The molecule has 1 saturated heterocycles. The van der Waals surface area contributed by atoms with Crippen LogP contribution in [-0.4, -0.2) is 60.6 Å². The molecule has 8 nitrogen and oxygen atoms in total. The van der Waals surface area contributed by atoms with Gasteiger partial charge >= 0.3 is 5.97 Å². The Hall–Kier alpha value is -2.68. The molecule has 1 atom stereocenters. The summed E-state index contributed by atoms with van der Waals surface area (Å²) in [6.07, 6.45) is 1.71. The molecule has 9 heteroatoms. The van der Waals surface area contributed by atoms with Crippen molar-refractivity contribution < 1.29 is 23.9 Å². The molecule has 2 rings (SSSR count). The van der Waals surface area contributed by atoms with Gasteiger partial charge in [0, 0.05) is 13.1 Å². The zero-order chi connectivity index (χ0) is 20.5. The minimum Gasteiger partial charge on any atom is -0.493 e. The second-order valence-electron chi connectivity index (χ2n) is 6.24. The third kappa shape index (κ3) is 5.66. The Kier molecular flexibility index (Phi) is 8.19. The van der Waals surface area contributed by atoms with E-state index in [9.17, 15) is 14.4 Å². The molecule has 1 aliphatic heterocycles. The number of hydrogen-bond acceptors (Lipinski definition) is 6. The first-order chi connectivity index (χ1) is 13.5. The Labute approximate surface area is 169 Å². The summed E-state index contributed by atoms with van der Waals surface area (Å²) in [5, 5.41) is 5.41. The summed E-state index contributed by atoms with van der Waals surface area (Å²) in [5.74, 6) is -0.828. The molecule has 0 unspecified atom stereocenters. The van der Waals surface area contributed by atoms with Crippen molar-refractivity contribution >= 4 is 35.1 Å². The van der Waals surface area contributed by atoms with Gasteiger partial charge in [0.25, 0.3) is 5.91 Å². The molecule has 1 aliphatic rings. The lowest BCUT2D eigenvalue weighted by Crippen LogP contribution is -2.60. The molecule has 0 aliphatic carbocycles. The van der Waals surface area contributed by atoms with Crippen molar-refractivity contribution in [3.05, 3.63) is 29.8 Å². The first-order valence-corrected chi connectivity index (χ1v) is 9.57. The van der Waals surface area contributed by atoms with Crippen molar-refractivity contribution in [3.63, 3.8) is 0 Å². The van der Waals surface area contributed by atoms with E-state index in [1.807, 2.05) is 0 Å². The van der Waals surface area contributed by atoms with Crippen LogP contribution in [0.2, 0.25) is 0 Å². The van der Waals surface area contributed by atoms with Gasteiger partial charge in [0.1, 0.15) is 11.8 Å². The van der Waals surface area contributed by atoms with Crippen LogP contribution < -0.4 is 15.4 Å². The minimum absolute atomic E-state index is 0.0807. The molecule has 1 fully saturated rings. The molecule has 2 N–H and O–H groups in total. The highest BCUT2D eigenvalue weighted by Crippen LogP contribution is 2.19. The van der Waals surface area contributed by atoms with Crippen LogP contribution in [0.25, 0.3) is 0 Å². The number of nitrogens with one attached hydrogen (secondary N) is 2. The average Bonchev–Trinajstić information content (AvgIpc) is 2.69. The van der Waals surface area contributed by atoms with E-state index < -0.39 is 17.9 Å². The van der Waals surface area contributed by atoms with E-state index >= 15 is 0 Å². The topological polar surface area (TPSA) is 97.0 Å². The van der Waals surface area contributed by atoms with Crippen molar-refractivity contribution in [2.45, 2.75) is 32.2 Å². The van der Waals surface area contributed by atoms with Gasteiger partial charge in [-0.1, -0.05) is 25.5 Å². The number of hydrogen-bond donors (Lipinski definition) is 2. The van der Waals surface area contributed by atoms with E-state index in [0.717, 1.165) is 12.8 Å². The zero-order valence-corrected chi connectivity index (χ0v) is 16.8. The Bertz CT molecular complexity index is 740. The quantitative estimate of drug-likeness (QED) is 0.399. The highest BCUT2D eigenvalue weighted by Gasteiger charge is 2.34. The molecule has 1 heterocycles. The molecule has 28 heavy (non-hydrogen) atoms. The van der Waals surface area contributed by atoms with Gasteiger partial charge in [-0.05, 0) is 30.8 Å². The molecular weight excluding hydrogens is 382 g/mol. The van der Waals surface area contributed by atoms with E-state index in [1.165, 1.54) is 12.0 Å². The third-order valence-electron chi connectivity index (χ3n) is 4.29. The number of rotatable bonds is 7. The number of nitrogens with zero attached hydrogens (tertiary/aromatic N) is 1. The summed E-state index contributed by atoms with van der Waals surface area (Å²) in [5.41, 5.74) is 0.354. The molecule has 0 spiro atoms. The highest BCUT2D eigenvalue weighted by atomic mass is 32.1. The predicted molar refractivity (Wildman–Crippen MR) is 107 cm³/mol. The Morgan fingerprint density at radius 3 is 2.82 bits per heavy atom. The Balaban J connectivity index is 2.09. The summed E-state index contributed by atoms with van der Waals surface area (Å²) in [6.45, 7) is 3.31. The standard InChI is InChI=1S/C19H25N3O5S/c1-3-4-11-27-15-8-6-5-7-13(15)17(24)21-19(28)22-10-9-20-18(25)14(22)12-16(23)26-2/h5-8,14H,3-4,9-12H2,1-2H3,(H,20,25)(H,21,24,28)/t14-/m0/s1. The summed E-state index contributed by atoms with van der Waals surface area (Å²) in [7, 11) is 1.25. The fourth-order valence-electron chi connectivity index (χ4n) is 2.74. The molecule has 0 aromatic heterocycles. The number of esters is 1. The lowest BCUT2D eigenvalue weighted by Gasteiger charge is -2.36. The van der Waals surface area contributed by atoms with Gasteiger partial charge in [0.15, 0.2) is 5.11 Å². The SMILES string of the molecule is CCCCOc1ccccc1C(=O)NC(=S)N1CCNC(=O)[C@@H]1CC(=O)OC. The van der Waals surface area contributed by atoms with Crippen LogP contribution in [0.15, 0.2) is 24.3 Å². The third-order valence-corrected chi connectivity index (χ3v) is 4.62. The van der Waals surface area contributed by atoms with Crippen LogP contribution in [0.3, 0.4) is 0 Å². The van der Waals surface area contributed by atoms with Gasteiger partial charge in [-0.2, -0.15) is 0 Å². The average molecular weight is 407 g/mol. The Morgan fingerprint density at radius 1 is 1.36 bits per heavy atom. The van der Waals surface area contributed by atoms with Gasteiger partial charge in [-0.3, -0.25) is 19.7 Å². The van der Waals surface area contributed by atoms with E-state index in [-0.39, 0.29) is 17.4 Å². The van der Waals surface area contributed by atoms with Crippen molar-refractivity contribution in [2.24, 2.45) is 0 Å². The van der Waals surface area contributed by atoms with Crippen molar-refractivity contribution in [1.29, 1.82) is 0 Å². The monoisotopic (exact) mass is 407 g/mol. The first-order valence-electron chi connectivity index (χ1n) is 9.16.